The van der Waals surface area contributed by atoms with Crippen molar-refractivity contribution in [2.75, 3.05) is 6.61 Å². The van der Waals surface area contributed by atoms with Gasteiger partial charge in [-0.1, -0.05) is 18.2 Å². The van der Waals surface area contributed by atoms with Crippen LogP contribution in [0.4, 0.5) is 0 Å². The highest BCUT2D eigenvalue weighted by molar-refractivity contribution is 5.30. The first-order chi connectivity index (χ1) is 5.34. The summed E-state index contributed by atoms with van der Waals surface area (Å²) in [6.07, 6.45) is 7.75. The number of rotatable bonds is 3. The molecule has 1 nitrogen and oxygen atoms in total. The largest absolute Gasteiger partial charge is 0.396 e. The monoisotopic (exact) mass is 152 g/mol. The number of aliphatic hydroxyl groups excluding tert-OH is 1. The fourth-order valence-corrected chi connectivity index (χ4v) is 1.44. The van der Waals surface area contributed by atoms with Gasteiger partial charge in [-0.05, 0) is 37.7 Å². The third-order valence-electron chi connectivity index (χ3n) is 2.13. The van der Waals surface area contributed by atoms with E-state index in [9.17, 15) is 0 Å². The van der Waals surface area contributed by atoms with Crippen LogP contribution in [0.25, 0.3) is 0 Å². The molecule has 11 heavy (non-hydrogen) atoms. The first-order valence-corrected chi connectivity index (χ1v) is 4.32. The van der Waals surface area contributed by atoms with Crippen LogP contribution in [0.2, 0.25) is 0 Å². The van der Waals surface area contributed by atoms with Gasteiger partial charge in [-0.2, -0.15) is 0 Å². The third kappa shape index (κ3) is 2.51. The van der Waals surface area contributed by atoms with Crippen molar-refractivity contribution in [3.63, 3.8) is 0 Å². The molecule has 0 bridgehead atoms. The summed E-state index contributed by atoms with van der Waals surface area (Å²) in [6, 6.07) is 0. The lowest BCUT2D eigenvalue weighted by molar-refractivity contribution is 0.288. The van der Waals surface area contributed by atoms with Gasteiger partial charge in [0.25, 0.3) is 0 Å². The van der Waals surface area contributed by atoms with Crippen molar-refractivity contribution in [2.45, 2.75) is 32.1 Å². The minimum absolute atomic E-state index is 0.296. The molecule has 1 aliphatic carbocycles. The molecule has 0 radical (unpaired) electrons. The van der Waals surface area contributed by atoms with Crippen LogP contribution in [0.5, 0.6) is 0 Å². The maximum Gasteiger partial charge on any atom is 0.0434 e. The van der Waals surface area contributed by atoms with Crippen LogP contribution in [-0.4, -0.2) is 11.7 Å². The van der Waals surface area contributed by atoms with E-state index < -0.39 is 0 Å². The molecular weight excluding hydrogens is 136 g/mol. The summed E-state index contributed by atoms with van der Waals surface area (Å²) in [5, 5.41) is 8.63. The molecule has 0 unspecified atom stereocenters. The van der Waals surface area contributed by atoms with Gasteiger partial charge >= 0.3 is 0 Å². The molecule has 1 aliphatic rings. The molecule has 0 heterocycles. The molecule has 0 aliphatic heterocycles. The van der Waals surface area contributed by atoms with E-state index in [1.807, 2.05) is 0 Å². The third-order valence-corrected chi connectivity index (χ3v) is 2.13. The van der Waals surface area contributed by atoms with E-state index in [0.29, 0.717) is 6.61 Å². The zero-order chi connectivity index (χ0) is 8.10. The van der Waals surface area contributed by atoms with Crippen LogP contribution in [-0.2, 0) is 0 Å². The molecule has 1 rings (SSSR count). The van der Waals surface area contributed by atoms with E-state index in [1.54, 1.807) is 0 Å². The smallest absolute Gasteiger partial charge is 0.0434 e. The van der Waals surface area contributed by atoms with Gasteiger partial charge in [0.15, 0.2) is 0 Å². The van der Waals surface area contributed by atoms with Gasteiger partial charge in [0.1, 0.15) is 0 Å². The quantitative estimate of drug-likeness (QED) is 0.658. The number of allylic oxidation sites excluding steroid dienone is 3. The van der Waals surface area contributed by atoms with Gasteiger partial charge < -0.3 is 5.11 Å². The van der Waals surface area contributed by atoms with Crippen molar-refractivity contribution in [1.82, 2.24) is 0 Å². The standard InChI is InChI=1S/C10H16O/c1-9-5-2-3-6-10(9)7-4-8-11/h6,11H,1-5,7-8H2. The van der Waals surface area contributed by atoms with E-state index in [-0.39, 0.29) is 0 Å². The Balaban J connectivity index is 2.41. The van der Waals surface area contributed by atoms with Crippen LogP contribution < -0.4 is 0 Å². The lowest BCUT2D eigenvalue weighted by Gasteiger charge is -2.14. The second-order valence-corrected chi connectivity index (χ2v) is 3.05. The minimum atomic E-state index is 0.296. The minimum Gasteiger partial charge on any atom is -0.396 e. The fourth-order valence-electron chi connectivity index (χ4n) is 1.44. The van der Waals surface area contributed by atoms with Crippen LogP contribution in [0.3, 0.4) is 0 Å². The Morgan fingerprint density at radius 3 is 3.00 bits per heavy atom. The number of hydrogen-bond acceptors (Lipinski definition) is 1. The van der Waals surface area contributed by atoms with E-state index in [1.165, 1.54) is 24.0 Å². The summed E-state index contributed by atoms with van der Waals surface area (Å²) in [6.45, 7) is 4.29. The fraction of sp³-hybridized carbons (Fsp3) is 0.600. The predicted molar refractivity (Wildman–Crippen MR) is 47.4 cm³/mol. The SMILES string of the molecule is C=C1CCCC=C1CCCO. The Kier molecular flexibility index (Phi) is 3.37. The Bertz CT molecular complexity index is 168. The highest BCUT2D eigenvalue weighted by atomic mass is 16.2. The molecule has 0 atom stereocenters. The Labute approximate surface area is 68.4 Å². The van der Waals surface area contributed by atoms with Gasteiger partial charge in [-0.3, -0.25) is 0 Å². The molecule has 0 amide bonds. The summed E-state index contributed by atoms with van der Waals surface area (Å²) < 4.78 is 0. The number of hydrogen-bond donors (Lipinski definition) is 1. The van der Waals surface area contributed by atoms with Crippen molar-refractivity contribution in [3.05, 3.63) is 23.8 Å². The molecule has 1 N–H and O–H groups in total. The van der Waals surface area contributed by atoms with E-state index >= 15 is 0 Å². The van der Waals surface area contributed by atoms with Crippen LogP contribution in [0, 0.1) is 0 Å². The van der Waals surface area contributed by atoms with Gasteiger partial charge in [-0.15, -0.1) is 0 Å². The summed E-state index contributed by atoms with van der Waals surface area (Å²) in [7, 11) is 0. The summed E-state index contributed by atoms with van der Waals surface area (Å²) in [4.78, 5) is 0. The zero-order valence-electron chi connectivity index (χ0n) is 6.97. The van der Waals surface area contributed by atoms with Gasteiger partial charge in [-0.25, -0.2) is 0 Å². The summed E-state index contributed by atoms with van der Waals surface area (Å²) >= 11 is 0. The average molecular weight is 152 g/mol. The maximum absolute atomic E-state index is 8.63. The van der Waals surface area contributed by atoms with Crippen LogP contribution in [0.1, 0.15) is 32.1 Å². The normalized spacial score (nSPS) is 18.3. The van der Waals surface area contributed by atoms with Crippen molar-refractivity contribution < 1.29 is 5.11 Å². The summed E-state index contributed by atoms with van der Waals surface area (Å²) in [5.74, 6) is 0. The highest BCUT2D eigenvalue weighted by Gasteiger charge is 2.06. The Morgan fingerprint density at radius 2 is 2.36 bits per heavy atom. The first-order valence-electron chi connectivity index (χ1n) is 4.32. The molecule has 0 saturated carbocycles. The highest BCUT2D eigenvalue weighted by Crippen LogP contribution is 2.25. The van der Waals surface area contributed by atoms with Gasteiger partial charge in [0.2, 0.25) is 0 Å². The first kappa shape index (κ1) is 8.54. The lowest BCUT2D eigenvalue weighted by Crippen LogP contribution is -1.96. The molecule has 0 aromatic carbocycles. The van der Waals surface area contributed by atoms with E-state index in [0.717, 1.165) is 19.3 Å². The van der Waals surface area contributed by atoms with Crippen LogP contribution >= 0.6 is 0 Å². The second-order valence-electron chi connectivity index (χ2n) is 3.05. The Hall–Kier alpha value is -0.560. The zero-order valence-corrected chi connectivity index (χ0v) is 6.97. The van der Waals surface area contributed by atoms with E-state index in [4.69, 9.17) is 5.11 Å². The molecule has 0 spiro atoms. The number of aliphatic hydroxyl groups is 1. The van der Waals surface area contributed by atoms with Crippen molar-refractivity contribution in [2.24, 2.45) is 0 Å². The molecule has 0 saturated heterocycles. The van der Waals surface area contributed by atoms with Crippen molar-refractivity contribution >= 4 is 0 Å². The molecule has 0 aromatic heterocycles. The van der Waals surface area contributed by atoms with Gasteiger partial charge in [0, 0.05) is 6.61 Å². The van der Waals surface area contributed by atoms with Crippen LogP contribution in [0.15, 0.2) is 23.8 Å². The van der Waals surface area contributed by atoms with Crippen molar-refractivity contribution in [3.8, 4) is 0 Å². The molecule has 1 heteroatoms. The molecule has 62 valence electrons. The molecule has 0 aromatic rings. The maximum atomic E-state index is 8.63. The lowest BCUT2D eigenvalue weighted by atomic mass is 9.92. The molecular formula is C10H16O. The molecule has 0 fully saturated rings. The Morgan fingerprint density at radius 1 is 1.55 bits per heavy atom. The summed E-state index contributed by atoms with van der Waals surface area (Å²) in [5.41, 5.74) is 2.66. The topological polar surface area (TPSA) is 20.2 Å². The van der Waals surface area contributed by atoms with Crippen molar-refractivity contribution in [1.29, 1.82) is 0 Å². The second kappa shape index (κ2) is 4.35. The van der Waals surface area contributed by atoms with E-state index in [2.05, 4.69) is 12.7 Å². The van der Waals surface area contributed by atoms with Gasteiger partial charge in [0.05, 0.1) is 0 Å². The average Bonchev–Trinajstić information content (AvgIpc) is 2.03. The predicted octanol–water partition coefficient (Wildman–Crippen LogP) is 2.43.